The van der Waals surface area contributed by atoms with E-state index in [-0.39, 0.29) is 5.91 Å². The molecule has 0 radical (unpaired) electrons. The topological polar surface area (TPSA) is 83.0 Å². The monoisotopic (exact) mass is 388 g/mol. The lowest BCUT2D eigenvalue weighted by molar-refractivity contribution is 0.102. The molecule has 2 N–H and O–H groups in total. The molecule has 7 heteroatoms. The van der Waals surface area contributed by atoms with Crippen molar-refractivity contribution in [3.63, 3.8) is 0 Å². The summed E-state index contributed by atoms with van der Waals surface area (Å²) < 4.78 is 0. The number of carbonyl (C=O) groups is 1. The van der Waals surface area contributed by atoms with Crippen LogP contribution in [0.3, 0.4) is 0 Å². The first-order valence-corrected chi connectivity index (χ1v) is 9.86. The molecular weight excluding hydrogens is 364 g/mol. The highest BCUT2D eigenvalue weighted by atomic mass is 16.1. The Labute approximate surface area is 170 Å². The minimum atomic E-state index is -0.188. The third-order valence-electron chi connectivity index (χ3n) is 4.84. The second-order valence-corrected chi connectivity index (χ2v) is 7.14. The number of anilines is 4. The van der Waals surface area contributed by atoms with Gasteiger partial charge in [-0.05, 0) is 62.6 Å². The average molecular weight is 388 g/mol. The second kappa shape index (κ2) is 8.68. The van der Waals surface area contributed by atoms with Crippen LogP contribution in [0.15, 0.2) is 54.9 Å². The molecule has 3 heterocycles. The molecule has 1 aromatic carbocycles. The third kappa shape index (κ3) is 4.87. The number of rotatable bonds is 5. The van der Waals surface area contributed by atoms with E-state index >= 15 is 0 Å². The highest BCUT2D eigenvalue weighted by Gasteiger charge is 2.14. The first-order valence-electron chi connectivity index (χ1n) is 9.86. The smallest absolute Gasteiger partial charge is 0.257 e. The number of nitrogens with zero attached hydrogens (tertiary/aromatic N) is 4. The van der Waals surface area contributed by atoms with Crippen LogP contribution in [0.1, 0.15) is 35.3 Å². The van der Waals surface area contributed by atoms with Gasteiger partial charge in [0.15, 0.2) is 0 Å². The molecule has 0 atom stereocenters. The van der Waals surface area contributed by atoms with Crippen molar-refractivity contribution in [2.24, 2.45) is 0 Å². The number of hydrogen-bond donors (Lipinski definition) is 2. The van der Waals surface area contributed by atoms with Crippen molar-refractivity contribution in [1.29, 1.82) is 0 Å². The van der Waals surface area contributed by atoms with E-state index in [1.807, 2.05) is 37.3 Å². The number of hydrogen-bond acceptors (Lipinski definition) is 6. The lowest BCUT2D eigenvalue weighted by atomic mass is 10.1. The van der Waals surface area contributed by atoms with E-state index in [0.29, 0.717) is 17.2 Å². The van der Waals surface area contributed by atoms with Crippen LogP contribution in [0.5, 0.6) is 0 Å². The summed E-state index contributed by atoms with van der Waals surface area (Å²) in [7, 11) is 0. The van der Waals surface area contributed by atoms with Gasteiger partial charge in [-0.15, -0.1) is 0 Å². The molecular formula is C22H24N6O. The normalized spacial score (nSPS) is 13.8. The molecule has 3 aromatic rings. The van der Waals surface area contributed by atoms with E-state index in [1.54, 1.807) is 24.5 Å². The van der Waals surface area contributed by atoms with Gasteiger partial charge in [-0.2, -0.15) is 4.98 Å². The number of piperidine rings is 1. The Bertz CT molecular complexity index is 968. The zero-order chi connectivity index (χ0) is 20.1. The number of aryl methyl sites for hydroxylation is 1. The molecule has 1 saturated heterocycles. The van der Waals surface area contributed by atoms with Crippen molar-refractivity contribution in [3.05, 3.63) is 66.1 Å². The van der Waals surface area contributed by atoms with Gasteiger partial charge in [-0.1, -0.05) is 0 Å². The first-order chi connectivity index (χ1) is 14.2. The van der Waals surface area contributed by atoms with Gasteiger partial charge in [-0.3, -0.25) is 9.78 Å². The van der Waals surface area contributed by atoms with Crippen molar-refractivity contribution in [2.45, 2.75) is 26.2 Å². The number of carbonyl (C=O) groups excluding carboxylic acids is 1. The van der Waals surface area contributed by atoms with E-state index in [4.69, 9.17) is 4.98 Å². The number of pyridine rings is 1. The summed E-state index contributed by atoms with van der Waals surface area (Å²) in [5.74, 6) is 1.37. The lowest BCUT2D eigenvalue weighted by Crippen LogP contribution is -2.30. The van der Waals surface area contributed by atoms with Gasteiger partial charge in [-0.25, -0.2) is 4.98 Å². The van der Waals surface area contributed by atoms with Gasteiger partial charge in [0.2, 0.25) is 5.95 Å². The molecule has 1 aliphatic rings. The summed E-state index contributed by atoms with van der Waals surface area (Å²) in [6.07, 6.45) is 6.88. The van der Waals surface area contributed by atoms with Crippen LogP contribution in [0.25, 0.3) is 0 Å². The summed E-state index contributed by atoms with van der Waals surface area (Å²) >= 11 is 0. The van der Waals surface area contributed by atoms with Gasteiger partial charge in [0.25, 0.3) is 5.91 Å². The second-order valence-electron chi connectivity index (χ2n) is 7.14. The van der Waals surface area contributed by atoms with Crippen LogP contribution >= 0.6 is 0 Å². The predicted octanol–water partition coefficient (Wildman–Crippen LogP) is 4.17. The Morgan fingerprint density at radius 2 is 1.76 bits per heavy atom. The summed E-state index contributed by atoms with van der Waals surface area (Å²) in [4.78, 5) is 27.7. The SMILES string of the molecule is Cc1cc(N2CCCCC2)nc(Nc2ccc(NC(=O)c3cccnc3)cc2)n1. The zero-order valence-corrected chi connectivity index (χ0v) is 16.4. The Balaban J connectivity index is 1.43. The van der Waals surface area contributed by atoms with Crippen molar-refractivity contribution in [2.75, 3.05) is 28.6 Å². The molecule has 0 spiro atoms. The van der Waals surface area contributed by atoms with Gasteiger partial charge < -0.3 is 15.5 Å². The van der Waals surface area contributed by atoms with Crippen LogP contribution in [0, 0.1) is 6.92 Å². The molecule has 7 nitrogen and oxygen atoms in total. The molecule has 0 saturated carbocycles. The van der Waals surface area contributed by atoms with E-state index in [0.717, 1.165) is 30.3 Å². The van der Waals surface area contributed by atoms with Gasteiger partial charge in [0.05, 0.1) is 5.56 Å². The van der Waals surface area contributed by atoms with Gasteiger partial charge in [0.1, 0.15) is 5.82 Å². The quantitative estimate of drug-likeness (QED) is 0.683. The van der Waals surface area contributed by atoms with Crippen LogP contribution in [0.4, 0.5) is 23.1 Å². The van der Waals surface area contributed by atoms with Gasteiger partial charge >= 0.3 is 0 Å². The highest BCUT2D eigenvalue weighted by Crippen LogP contribution is 2.22. The molecule has 2 aromatic heterocycles. The number of benzene rings is 1. The molecule has 29 heavy (non-hydrogen) atoms. The molecule has 148 valence electrons. The lowest BCUT2D eigenvalue weighted by Gasteiger charge is -2.28. The zero-order valence-electron chi connectivity index (χ0n) is 16.4. The fraction of sp³-hybridized carbons (Fsp3) is 0.273. The Kier molecular flexibility index (Phi) is 5.65. The van der Waals surface area contributed by atoms with Crippen molar-refractivity contribution >= 4 is 29.0 Å². The Hall–Kier alpha value is -3.48. The van der Waals surface area contributed by atoms with Crippen LogP contribution in [-0.4, -0.2) is 33.9 Å². The third-order valence-corrected chi connectivity index (χ3v) is 4.84. The fourth-order valence-electron chi connectivity index (χ4n) is 3.36. The maximum atomic E-state index is 12.2. The average Bonchev–Trinajstić information content (AvgIpc) is 2.76. The number of amides is 1. The van der Waals surface area contributed by atoms with E-state index in [9.17, 15) is 4.79 Å². The summed E-state index contributed by atoms with van der Waals surface area (Å²) in [5.41, 5.74) is 3.03. The van der Waals surface area contributed by atoms with Crippen LogP contribution < -0.4 is 15.5 Å². The fourth-order valence-corrected chi connectivity index (χ4v) is 3.36. The minimum Gasteiger partial charge on any atom is -0.356 e. The standard InChI is InChI=1S/C22H24N6O/c1-16-14-20(28-12-3-2-4-13-28)27-22(24-16)26-19-9-7-18(8-10-19)25-21(29)17-6-5-11-23-15-17/h5-11,14-15H,2-4,12-13H2,1H3,(H,25,29)(H,24,26,27). The summed E-state index contributed by atoms with van der Waals surface area (Å²) in [5, 5.41) is 6.13. The maximum absolute atomic E-state index is 12.2. The molecule has 1 fully saturated rings. The Morgan fingerprint density at radius 3 is 2.48 bits per heavy atom. The summed E-state index contributed by atoms with van der Waals surface area (Å²) in [6.45, 7) is 4.07. The van der Waals surface area contributed by atoms with Crippen LogP contribution in [-0.2, 0) is 0 Å². The molecule has 4 rings (SSSR count). The minimum absolute atomic E-state index is 0.188. The molecule has 0 unspecified atom stereocenters. The largest absolute Gasteiger partial charge is 0.356 e. The van der Waals surface area contributed by atoms with E-state index in [2.05, 4.69) is 25.5 Å². The van der Waals surface area contributed by atoms with Crippen molar-refractivity contribution in [1.82, 2.24) is 15.0 Å². The Morgan fingerprint density at radius 1 is 1.00 bits per heavy atom. The van der Waals surface area contributed by atoms with Crippen molar-refractivity contribution in [3.8, 4) is 0 Å². The highest BCUT2D eigenvalue weighted by molar-refractivity contribution is 6.04. The number of nitrogens with one attached hydrogen (secondary N) is 2. The summed E-state index contributed by atoms with van der Waals surface area (Å²) in [6, 6.07) is 13.0. The van der Waals surface area contributed by atoms with E-state index < -0.39 is 0 Å². The molecule has 0 bridgehead atoms. The van der Waals surface area contributed by atoms with E-state index in [1.165, 1.54) is 19.3 Å². The van der Waals surface area contributed by atoms with Crippen LogP contribution in [0.2, 0.25) is 0 Å². The molecule has 0 aliphatic carbocycles. The predicted molar refractivity (Wildman–Crippen MR) is 115 cm³/mol. The molecule has 1 aliphatic heterocycles. The first kappa shape index (κ1) is 18.9. The number of aromatic nitrogens is 3. The van der Waals surface area contributed by atoms with Crippen molar-refractivity contribution < 1.29 is 4.79 Å². The molecule has 1 amide bonds. The van der Waals surface area contributed by atoms with Gasteiger partial charge in [0, 0.05) is 48.6 Å². The maximum Gasteiger partial charge on any atom is 0.257 e.